The van der Waals surface area contributed by atoms with Crippen molar-refractivity contribution in [2.24, 2.45) is 5.73 Å². The van der Waals surface area contributed by atoms with Gasteiger partial charge in [0.05, 0.1) is 0 Å². The SMILES string of the molecule is CSCCC(CN)N1CCC(c2ccccc2)C1. The second-order valence-corrected chi connectivity index (χ2v) is 6.05. The van der Waals surface area contributed by atoms with Gasteiger partial charge in [-0.3, -0.25) is 4.90 Å². The van der Waals surface area contributed by atoms with Crippen molar-refractivity contribution in [1.29, 1.82) is 0 Å². The largest absolute Gasteiger partial charge is 0.329 e. The van der Waals surface area contributed by atoms with Crippen molar-refractivity contribution in [2.75, 3.05) is 31.6 Å². The number of hydrogen-bond acceptors (Lipinski definition) is 3. The van der Waals surface area contributed by atoms with Crippen molar-refractivity contribution < 1.29 is 0 Å². The molecule has 3 heteroatoms. The fourth-order valence-electron chi connectivity index (χ4n) is 2.82. The summed E-state index contributed by atoms with van der Waals surface area (Å²) >= 11 is 1.92. The van der Waals surface area contributed by atoms with Crippen LogP contribution in [0.4, 0.5) is 0 Å². The van der Waals surface area contributed by atoms with E-state index in [0.29, 0.717) is 12.0 Å². The lowest BCUT2D eigenvalue weighted by atomic mass is 9.99. The lowest BCUT2D eigenvalue weighted by molar-refractivity contribution is 0.240. The Bertz CT molecular complexity index is 342. The Hall–Kier alpha value is -0.510. The molecule has 1 aromatic carbocycles. The maximum absolute atomic E-state index is 5.93. The van der Waals surface area contributed by atoms with Crippen molar-refractivity contribution >= 4 is 11.8 Å². The van der Waals surface area contributed by atoms with Crippen LogP contribution in [0.2, 0.25) is 0 Å². The molecule has 0 bridgehead atoms. The van der Waals surface area contributed by atoms with Crippen molar-refractivity contribution in [2.45, 2.75) is 24.8 Å². The van der Waals surface area contributed by atoms with Crippen LogP contribution in [-0.2, 0) is 0 Å². The molecule has 1 fully saturated rings. The molecule has 18 heavy (non-hydrogen) atoms. The van der Waals surface area contributed by atoms with E-state index < -0.39 is 0 Å². The minimum Gasteiger partial charge on any atom is -0.329 e. The summed E-state index contributed by atoms with van der Waals surface area (Å²) < 4.78 is 0. The lowest BCUT2D eigenvalue weighted by Gasteiger charge is -2.26. The van der Waals surface area contributed by atoms with Crippen LogP contribution >= 0.6 is 11.8 Å². The van der Waals surface area contributed by atoms with Crippen LogP contribution in [0.1, 0.15) is 24.3 Å². The van der Waals surface area contributed by atoms with Gasteiger partial charge in [-0.1, -0.05) is 30.3 Å². The fourth-order valence-corrected chi connectivity index (χ4v) is 3.33. The molecule has 2 rings (SSSR count). The zero-order chi connectivity index (χ0) is 12.8. The summed E-state index contributed by atoms with van der Waals surface area (Å²) in [7, 11) is 0. The van der Waals surface area contributed by atoms with E-state index in [0.717, 1.165) is 6.54 Å². The highest BCUT2D eigenvalue weighted by molar-refractivity contribution is 7.98. The Labute approximate surface area is 115 Å². The van der Waals surface area contributed by atoms with Crippen LogP contribution in [-0.4, -0.2) is 42.6 Å². The third-order valence-corrected chi connectivity index (χ3v) is 4.58. The van der Waals surface area contributed by atoms with Gasteiger partial charge in [0.25, 0.3) is 0 Å². The Morgan fingerprint density at radius 1 is 1.39 bits per heavy atom. The maximum atomic E-state index is 5.93. The molecule has 1 aliphatic rings. The second kappa shape index (κ2) is 7.17. The molecular weight excluding hydrogens is 240 g/mol. The highest BCUT2D eigenvalue weighted by atomic mass is 32.2. The van der Waals surface area contributed by atoms with Crippen LogP contribution in [0.5, 0.6) is 0 Å². The normalized spacial score (nSPS) is 22.2. The summed E-state index contributed by atoms with van der Waals surface area (Å²) in [6, 6.07) is 11.5. The number of likely N-dealkylation sites (tertiary alicyclic amines) is 1. The van der Waals surface area contributed by atoms with Crippen LogP contribution in [0.3, 0.4) is 0 Å². The molecule has 0 spiro atoms. The summed E-state index contributed by atoms with van der Waals surface area (Å²) in [6.07, 6.45) is 4.67. The fraction of sp³-hybridized carbons (Fsp3) is 0.600. The first-order chi connectivity index (χ1) is 8.85. The number of nitrogens with two attached hydrogens (primary N) is 1. The topological polar surface area (TPSA) is 29.3 Å². The first kappa shape index (κ1) is 13.9. The Balaban J connectivity index is 1.91. The summed E-state index contributed by atoms with van der Waals surface area (Å²) in [6.45, 7) is 3.18. The first-order valence-electron chi connectivity index (χ1n) is 6.83. The predicted octanol–water partition coefficient (Wildman–Crippen LogP) is 2.56. The molecule has 2 nitrogen and oxygen atoms in total. The highest BCUT2D eigenvalue weighted by Gasteiger charge is 2.27. The van der Waals surface area contributed by atoms with Gasteiger partial charge in [-0.05, 0) is 42.9 Å². The van der Waals surface area contributed by atoms with Crippen LogP contribution in [0, 0.1) is 0 Å². The molecule has 0 aliphatic carbocycles. The standard InChI is InChI=1S/C15H24N2S/c1-18-10-8-15(11-16)17-9-7-14(12-17)13-5-3-2-4-6-13/h2-6,14-15H,7-12,16H2,1H3. The molecule has 1 heterocycles. The second-order valence-electron chi connectivity index (χ2n) is 5.06. The van der Waals surface area contributed by atoms with E-state index in [4.69, 9.17) is 5.73 Å². The van der Waals surface area contributed by atoms with E-state index >= 15 is 0 Å². The summed E-state index contributed by atoms with van der Waals surface area (Å²) in [5.41, 5.74) is 7.41. The van der Waals surface area contributed by atoms with Gasteiger partial charge in [0.15, 0.2) is 0 Å². The Morgan fingerprint density at radius 2 is 2.17 bits per heavy atom. The van der Waals surface area contributed by atoms with Crippen molar-refractivity contribution in [3.8, 4) is 0 Å². The molecule has 0 saturated carbocycles. The third-order valence-electron chi connectivity index (χ3n) is 3.93. The quantitative estimate of drug-likeness (QED) is 0.856. The Kier molecular flexibility index (Phi) is 5.54. The van der Waals surface area contributed by atoms with Crippen LogP contribution in [0.15, 0.2) is 30.3 Å². The molecule has 1 saturated heterocycles. The van der Waals surface area contributed by atoms with Crippen molar-refractivity contribution in [3.63, 3.8) is 0 Å². The highest BCUT2D eigenvalue weighted by Crippen LogP contribution is 2.28. The van der Waals surface area contributed by atoms with E-state index in [2.05, 4.69) is 41.5 Å². The molecule has 2 atom stereocenters. The number of rotatable bonds is 6. The number of hydrogen-bond donors (Lipinski definition) is 1. The number of nitrogens with zero attached hydrogens (tertiary/aromatic N) is 1. The molecule has 2 unspecified atom stereocenters. The molecular formula is C15H24N2S. The van der Waals surface area contributed by atoms with Crippen LogP contribution < -0.4 is 5.73 Å². The van der Waals surface area contributed by atoms with Crippen molar-refractivity contribution in [3.05, 3.63) is 35.9 Å². The van der Waals surface area contributed by atoms with E-state index in [1.165, 1.54) is 37.2 Å². The van der Waals surface area contributed by atoms with E-state index in [-0.39, 0.29) is 0 Å². The smallest absolute Gasteiger partial charge is 0.0226 e. The third kappa shape index (κ3) is 3.50. The van der Waals surface area contributed by atoms with Gasteiger partial charge in [0, 0.05) is 19.1 Å². The monoisotopic (exact) mass is 264 g/mol. The van der Waals surface area contributed by atoms with Gasteiger partial charge in [0.1, 0.15) is 0 Å². The summed E-state index contributed by atoms with van der Waals surface area (Å²) in [4.78, 5) is 2.59. The Morgan fingerprint density at radius 3 is 2.83 bits per heavy atom. The molecule has 1 aromatic rings. The number of benzene rings is 1. The van der Waals surface area contributed by atoms with Gasteiger partial charge < -0.3 is 5.73 Å². The van der Waals surface area contributed by atoms with Crippen LogP contribution in [0.25, 0.3) is 0 Å². The van der Waals surface area contributed by atoms with Gasteiger partial charge in [-0.15, -0.1) is 0 Å². The van der Waals surface area contributed by atoms with Gasteiger partial charge in [-0.2, -0.15) is 11.8 Å². The molecule has 0 amide bonds. The average molecular weight is 264 g/mol. The average Bonchev–Trinajstić information content (AvgIpc) is 2.90. The molecule has 2 N–H and O–H groups in total. The van der Waals surface area contributed by atoms with Gasteiger partial charge in [-0.25, -0.2) is 0 Å². The van der Waals surface area contributed by atoms with E-state index in [9.17, 15) is 0 Å². The molecule has 0 radical (unpaired) electrons. The minimum atomic E-state index is 0.575. The number of thioether (sulfide) groups is 1. The van der Waals surface area contributed by atoms with Gasteiger partial charge >= 0.3 is 0 Å². The minimum absolute atomic E-state index is 0.575. The molecule has 100 valence electrons. The van der Waals surface area contributed by atoms with Crippen molar-refractivity contribution in [1.82, 2.24) is 4.90 Å². The zero-order valence-electron chi connectivity index (χ0n) is 11.2. The zero-order valence-corrected chi connectivity index (χ0v) is 12.0. The van der Waals surface area contributed by atoms with E-state index in [1.54, 1.807) is 0 Å². The summed E-state index contributed by atoms with van der Waals surface area (Å²) in [5, 5.41) is 0. The summed E-state index contributed by atoms with van der Waals surface area (Å²) in [5.74, 6) is 1.92. The molecule has 0 aromatic heterocycles. The predicted molar refractivity (Wildman–Crippen MR) is 81.2 cm³/mol. The lowest BCUT2D eigenvalue weighted by Crippen LogP contribution is -2.39. The molecule has 1 aliphatic heterocycles. The van der Waals surface area contributed by atoms with E-state index in [1.807, 2.05) is 11.8 Å². The first-order valence-corrected chi connectivity index (χ1v) is 8.22. The maximum Gasteiger partial charge on any atom is 0.0226 e. The van der Waals surface area contributed by atoms with Gasteiger partial charge in [0.2, 0.25) is 0 Å².